The lowest BCUT2D eigenvalue weighted by molar-refractivity contribution is -0.122. The monoisotopic (exact) mass is 461 g/mol. The first-order chi connectivity index (χ1) is 16.0. The van der Waals surface area contributed by atoms with Crippen molar-refractivity contribution in [2.75, 3.05) is 13.2 Å². The molecule has 168 valence electrons. The van der Waals surface area contributed by atoms with Crippen molar-refractivity contribution < 1.29 is 14.3 Å². The van der Waals surface area contributed by atoms with Crippen LogP contribution in [0.3, 0.4) is 0 Å². The van der Waals surface area contributed by atoms with Gasteiger partial charge in [0.25, 0.3) is 5.56 Å². The van der Waals surface area contributed by atoms with Gasteiger partial charge in [-0.1, -0.05) is 35.9 Å². The second-order valence-corrected chi connectivity index (χ2v) is 8.92. The van der Waals surface area contributed by atoms with Crippen molar-refractivity contribution >= 4 is 27.5 Å². The number of nitrogens with one attached hydrogen (secondary N) is 1. The summed E-state index contributed by atoms with van der Waals surface area (Å²) in [4.78, 5) is 31.1. The fraction of sp³-hybridized carbons (Fsp3) is 0.240. The highest BCUT2D eigenvalue weighted by atomic mass is 32.1. The van der Waals surface area contributed by atoms with Crippen LogP contribution in [0.1, 0.15) is 24.1 Å². The molecule has 7 nitrogen and oxygen atoms in total. The van der Waals surface area contributed by atoms with Crippen LogP contribution in [-0.4, -0.2) is 28.7 Å². The number of fused-ring (bicyclic) bond motifs is 2. The van der Waals surface area contributed by atoms with E-state index in [4.69, 9.17) is 9.47 Å². The van der Waals surface area contributed by atoms with Gasteiger partial charge in [0, 0.05) is 10.9 Å². The van der Waals surface area contributed by atoms with Crippen LogP contribution in [0.5, 0.6) is 11.5 Å². The van der Waals surface area contributed by atoms with Gasteiger partial charge in [0.1, 0.15) is 24.6 Å². The lowest BCUT2D eigenvalue weighted by Crippen LogP contribution is -2.34. The second-order valence-electron chi connectivity index (χ2n) is 8.07. The molecular formula is C25H23N3O4S. The van der Waals surface area contributed by atoms with Crippen LogP contribution in [0.25, 0.3) is 21.3 Å². The fourth-order valence-electron chi connectivity index (χ4n) is 3.88. The second kappa shape index (κ2) is 8.71. The first-order valence-corrected chi connectivity index (χ1v) is 11.6. The number of nitrogens with zero attached hydrogens (tertiary/aromatic N) is 2. The summed E-state index contributed by atoms with van der Waals surface area (Å²) < 4.78 is 12.5. The maximum Gasteiger partial charge on any atom is 0.263 e. The Balaban J connectivity index is 1.36. The van der Waals surface area contributed by atoms with Gasteiger partial charge in [0.05, 0.1) is 17.8 Å². The number of carbonyl (C=O) groups excluding carboxylic acids is 1. The van der Waals surface area contributed by atoms with E-state index in [9.17, 15) is 9.59 Å². The summed E-state index contributed by atoms with van der Waals surface area (Å²) in [6.07, 6.45) is 1.44. The molecule has 2 aromatic heterocycles. The number of hydrogen-bond acceptors (Lipinski definition) is 6. The molecule has 1 atom stereocenters. The van der Waals surface area contributed by atoms with E-state index >= 15 is 0 Å². The van der Waals surface area contributed by atoms with Gasteiger partial charge < -0.3 is 14.8 Å². The van der Waals surface area contributed by atoms with Crippen LogP contribution in [0, 0.1) is 6.92 Å². The molecule has 8 heteroatoms. The van der Waals surface area contributed by atoms with Crippen molar-refractivity contribution in [1.29, 1.82) is 0 Å². The quantitative estimate of drug-likeness (QED) is 0.484. The van der Waals surface area contributed by atoms with Crippen LogP contribution in [0.15, 0.2) is 59.0 Å². The van der Waals surface area contributed by atoms with Gasteiger partial charge in [-0.15, -0.1) is 11.3 Å². The normalized spacial score (nSPS) is 13.6. The molecule has 1 aliphatic rings. The van der Waals surface area contributed by atoms with Gasteiger partial charge in [0.2, 0.25) is 5.91 Å². The molecule has 33 heavy (non-hydrogen) atoms. The summed E-state index contributed by atoms with van der Waals surface area (Å²) in [6, 6.07) is 13.4. The Morgan fingerprint density at radius 3 is 2.70 bits per heavy atom. The highest BCUT2D eigenvalue weighted by molar-refractivity contribution is 7.17. The van der Waals surface area contributed by atoms with Crippen molar-refractivity contribution in [3.8, 4) is 22.6 Å². The Kier molecular flexibility index (Phi) is 5.60. The first kappa shape index (κ1) is 21.2. The molecule has 0 radical (unpaired) electrons. The molecule has 0 saturated heterocycles. The zero-order valence-electron chi connectivity index (χ0n) is 18.3. The molecule has 1 amide bonds. The lowest BCUT2D eigenvalue weighted by Gasteiger charge is -2.21. The summed E-state index contributed by atoms with van der Waals surface area (Å²) in [5.41, 5.74) is 3.62. The molecule has 0 unspecified atom stereocenters. The molecule has 0 spiro atoms. The van der Waals surface area contributed by atoms with E-state index in [1.807, 2.05) is 61.7 Å². The summed E-state index contributed by atoms with van der Waals surface area (Å²) in [5.74, 6) is 1.11. The van der Waals surface area contributed by atoms with E-state index in [1.54, 1.807) is 0 Å². The zero-order valence-corrected chi connectivity index (χ0v) is 19.1. The Hall–Kier alpha value is -3.65. The van der Waals surface area contributed by atoms with Gasteiger partial charge in [-0.2, -0.15) is 0 Å². The molecule has 0 saturated carbocycles. The molecule has 1 N–H and O–H groups in total. The maximum absolute atomic E-state index is 13.2. The highest BCUT2D eigenvalue weighted by Gasteiger charge is 2.18. The molecular weight excluding hydrogens is 438 g/mol. The fourth-order valence-corrected chi connectivity index (χ4v) is 4.79. The molecule has 5 rings (SSSR count). The molecule has 2 aromatic carbocycles. The minimum absolute atomic E-state index is 0.111. The SMILES string of the molecule is Cc1ccc(-c2csc3ncn(CC(=O)N[C@H](C)c4ccc5c(c4)OCCO5)c(=O)c23)cc1. The number of amides is 1. The zero-order chi connectivity index (χ0) is 22.9. The first-order valence-electron chi connectivity index (χ1n) is 10.7. The average molecular weight is 462 g/mol. The van der Waals surface area contributed by atoms with E-state index < -0.39 is 0 Å². The van der Waals surface area contributed by atoms with Gasteiger partial charge in [-0.05, 0) is 37.1 Å². The highest BCUT2D eigenvalue weighted by Crippen LogP contribution is 2.33. The molecule has 4 aromatic rings. The van der Waals surface area contributed by atoms with Crippen LogP contribution in [0.4, 0.5) is 0 Å². The smallest absolute Gasteiger partial charge is 0.263 e. The third-order valence-electron chi connectivity index (χ3n) is 5.68. The van der Waals surface area contributed by atoms with Crippen molar-refractivity contribution in [2.45, 2.75) is 26.4 Å². The Labute approximate surface area is 194 Å². The number of benzene rings is 2. The van der Waals surface area contributed by atoms with Gasteiger partial charge in [-0.25, -0.2) is 4.98 Å². The minimum Gasteiger partial charge on any atom is -0.486 e. The van der Waals surface area contributed by atoms with Gasteiger partial charge in [0.15, 0.2) is 11.5 Å². The van der Waals surface area contributed by atoms with Gasteiger partial charge in [-0.3, -0.25) is 14.2 Å². The van der Waals surface area contributed by atoms with E-state index in [2.05, 4.69) is 10.3 Å². The number of aryl methyl sites for hydroxylation is 1. The van der Waals surface area contributed by atoms with Crippen LogP contribution >= 0.6 is 11.3 Å². The lowest BCUT2D eigenvalue weighted by atomic mass is 10.1. The largest absolute Gasteiger partial charge is 0.486 e. The predicted molar refractivity (Wildman–Crippen MR) is 128 cm³/mol. The minimum atomic E-state index is -0.271. The van der Waals surface area contributed by atoms with E-state index in [-0.39, 0.29) is 24.1 Å². The number of rotatable bonds is 5. The number of ether oxygens (including phenoxy) is 2. The molecule has 0 aliphatic carbocycles. The third-order valence-corrected chi connectivity index (χ3v) is 6.57. The number of carbonyl (C=O) groups is 1. The summed E-state index contributed by atoms with van der Waals surface area (Å²) in [7, 11) is 0. The summed E-state index contributed by atoms with van der Waals surface area (Å²) in [5, 5.41) is 5.44. The third kappa shape index (κ3) is 4.21. The molecule has 0 fully saturated rings. The number of hydrogen-bond donors (Lipinski definition) is 1. The summed E-state index contributed by atoms with van der Waals surface area (Å²) >= 11 is 1.43. The Morgan fingerprint density at radius 2 is 1.91 bits per heavy atom. The van der Waals surface area contributed by atoms with Crippen molar-refractivity contribution in [2.24, 2.45) is 0 Å². The maximum atomic E-state index is 13.2. The Bertz CT molecular complexity index is 1390. The summed E-state index contributed by atoms with van der Waals surface area (Å²) in [6.45, 7) is 4.83. The molecule has 3 heterocycles. The van der Waals surface area contributed by atoms with E-state index in [1.165, 1.54) is 22.2 Å². The van der Waals surface area contributed by atoms with E-state index in [0.29, 0.717) is 34.9 Å². The molecule has 1 aliphatic heterocycles. The van der Waals surface area contributed by atoms with Crippen LogP contribution in [0.2, 0.25) is 0 Å². The predicted octanol–water partition coefficient (Wildman–Crippen LogP) is 4.08. The number of thiophene rings is 1. The van der Waals surface area contributed by atoms with Crippen molar-refractivity contribution in [3.05, 3.63) is 75.7 Å². The van der Waals surface area contributed by atoms with Crippen molar-refractivity contribution in [1.82, 2.24) is 14.9 Å². The molecule has 0 bridgehead atoms. The Morgan fingerprint density at radius 1 is 1.15 bits per heavy atom. The van der Waals surface area contributed by atoms with E-state index in [0.717, 1.165) is 22.3 Å². The van der Waals surface area contributed by atoms with Gasteiger partial charge >= 0.3 is 0 Å². The number of aromatic nitrogens is 2. The standard InChI is InChI=1S/C25H23N3O4S/c1-15-3-5-17(6-4-15)19-13-33-24-23(19)25(30)28(14-26-24)12-22(29)27-16(2)18-7-8-20-21(11-18)32-10-9-31-20/h3-8,11,13-14,16H,9-10,12H2,1-2H3,(H,27,29)/t16-/m1/s1. The van der Waals surface area contributed by atoms with Crippen LogP contribution in [-0.2, 0) is 11.3 Å². The van der Waals surface area contributed by atoms with Crippen LogP contribution < -0.4 is 20.3 Å². The average Bonchev–Trinajstić information content (AvgIpc) is 3.26. The van der Waals surface area contributed by atoms with Crippen molar-refractivity contribution in [3.63, 3.8) is 0 Å². The topological polar surface area (TPSA) is 82.5 Å².